The van der Waals surface area contributed by atoms with Gasteiger partial charge in [0.25, 0.3) is 0 Å². The van der Waals surface area contributed by atoms with Crippen LogP contribution in [0.5, 0.6) is 0 Å². The molecule has 0 aromatic carbocycles. The Balaban J connectivity index is 1.90. The first-order valence-corrected chi connectivity index (χ1v) is 5.57. The van der Waals surface area contributed by atoms with Crippen LogP contribution >= 0.6 is 0 Å². The van der Waals surface area contributed by atoms with Crippen LogP contribution in [-0.2, 0) is 4.74 Å². The van der Waals surface area contributed by atoms with Crippen LogP contribution in [0, 0.1) is 23.0 Å². The number of ether oxygens (including phenoxy) is 1. The molecule has 0 N–H and O–H groups in total. The fraction of sp³-hybridized carbons (Fsp3) is 0.700. The summed E-state index contributed by atoms with van der Waals surface area (Å²) in [5, 5.41) is 14.6. The average molecular weight is 261 g/mol. The smallest absolute Gasteiger partial charge is 0.323 e. The topological polar surface area (TPSA) is 70.2 Å². The largest absolute Gasteiger partial charge is 0.345 e. The minimum Gasteiger partial charge on any atom is -0.323 e. The predicted molar refractivity (Wildman–Crippen MR) is 57.3 cm³/mol. The predicted octanol–water partition coefficient (Wildman–Crippen LogP) is 2.29. The lowest BCUT2D eigenvalue weighted by Crippen LogP contribution is -2.31. The van der Waals surface area contributed by atoms with Gasteiger partial charge in [-0.15, -0.1) is 0 Å². The monoisotopic (exact) mass is 261 g/mol. The molecule has 6 nitrogen and oxygen atoms in total. The van der Waals surface area contributed by atoms with E-state index >= 15 is 0 Å². The molecule has 1 heterocycles. The Labute approximate surface area is 102 Å². The highest BCUT2D eigenvalue weighted by molar-refractivity contribution is 5.32. The maximum atomic E-state index is 11.8. The van der Waals surface area contributed by atoms with E-state index in [1.54, 1.807) is 11.6 Å². The SMILES string of the molecule is Cc1c([N+](=O)[O-])cnn1C1CC(COC(F)F)C1. The molecule has 0 saturated heterocycles. The van der Waals surface area contributed by atoms with Crippen LogP contribution in [0.4, 0.5) is 14.5 Å². The van der Waals surface area contributed by atoms with Crippen molar-refractivity contribution >= 4 is 5.69 Å². The van der Waals surface area contributed by atoms with E-state index < -0.39 is 11.5 Å². The molecule has 100 valence electrons. The average Bonchev–Trinajstić information content (AvgIpc) is 2.58. The molecule has 0 bridgehead atoms. The van der Waals surface area contributed by atoms with Gasteiger partial charge >= 0.3 is 12.3 Å². The molecule has 0 unspecified atom stereocenters. The van der Waals surface area contributed by atoms with E-state index in [0.717, 1.165) is 0 Å². The molecule has 1 aromatic rings. The number of hydrogen-bond acceptors (Lipinski definition) is 4. The van der Waals surface area contributed by atoms with E-state index in [9.17, 15) is 18.9 Å². The molecule has 1 aromatic heterocycles. The Hall–Kier alpha value is -1.57. The third kappa shape index (κ3) is 2.47. The lowest BCUT2D eigenvalue weighted by atomic mass is 9.81. The molecular weight excluding hydrogens is 248 g/mol. The highest BCUT2D eigenvalue weighted by atomic mass is 19.3. The van der Waals surface area contributed by atoms with E-state index in [1.165, 1.54) is 6.20 Å². The highest BCUT2D eigenvalue weighted by Crippen LogP contribution is 2.39. The quantitative estimate of drug-likeness (QED) is 0.602. The number of hydrogen-bond donors (Lipinski definition) is 0. The van der Waals surface area contributed by atoms with Gasteiger partial charge in [0.15, 0.2) is 0 Å². The number of aromatic nitrogens is 2. The number of nitrogens with zero attached hydrogens (tertiary/aromatic N) is 3. The van der Waals surface area contributed by atoms with Crippen molar-refractivity contribution in [3.8, 4) is 0 Å². The summed E-state index contributed by atoms with van der Waals surface area (Å²) < 4.78 is 29.5. The van der Waals surface area contributed by atoms with Crippen LogP contribution in [-0.4, -0.2) is 27.9 Å². The number of rotatable bonds is 5. The summed E-state index contributed by atoms with van der Waals surface area (Å²) in [5.74, 6) is 0.0756. The second-order valence-corrected chi connectivity index (χ2v) is 4.40. The van der Waals surface area contributed by atoms with Crippen molar-refractivity contribution in [1.82, 2.24) is 9.78 Å². The van der Waals surface area contributed by atoms with Crippen LogP contribution in [0.15, 0.2) is 6.20 Å². The normalized spacial score (nSPS) is 23.1. The second kappa shape index (κ2) is 4.97. The van der Waals surface area contributed by atoms with Crippen molar-refractivity contribution in [2.75, 3.05) is 6.61 Å². The molecule has 0 radical (unpaired) electrons. The zero-order valence-corrected chi connectivity index (χ0v) is 9.75. The Morgan fingerprint density at radius 1 is 1.67 bits per heavy atom. The van der Waals surface area contributed by atoms with Gasteiger partial charge in [-0.2, -0.15) is 13.9 Å². The Kier molecular flexibility index (Phi) is 3.55. The molecular formula is C10H13F2N3O3. The zero-order chi connectivity index (χ0) is 13.3. The van der Waals surface area contributed by atoms with Gasteiger partial charge in [-0.1, -0.05) is 0 Å². The molecule has 0 atom stereocenters. The van der Waals surface area contributed by atoms with Crippen molar-refractivity contribution in [2.45, 2.75) is 32.4 Å². The fourth-order valence-corrected chi connectivity index (χ4v) is 2.21. The maximum Gasteiger partial charge on any atom is 0.345 e. The minimum atomic E-state index is -2.74. The van der Waals surface area contributed by atoms with Gasteiger partial charge in [0.2, 0.25) is 0 Å². The van der Waals surface area contributed by atoms with E-state index in [-0.39, 0.29) is 24.3 Å². The third-order valence-corrected chi connectivity index (χ3v) is 3.23. The summed E-state index contributed by atoms with van der Waals surface area (Å²) in [7, 11) is 0. The van der Waals surface area contributed by atoms with Crippen molar-refractivity contribution in [2.24, 2.45) is 5.92 Å². The Morgan fingerprint density at radius 2 is 2.33 bits per heavy atom. The summed E-state index contributed by atoms with van der Waals surface area (Å²) in [6.45, 7) is -1.08. The Morgan fingerprint density at radius 3 is 2.83 bits per heavy atom. The highest BCUT2D eigenvalue weighted by Gasteiger charge is 2.34. The second-order valence-electron chi connectivity index (χ2n) is 4.40. The van der Waals surface area contributed by atoms with Crippen molar-refractivity contribution in [1.29, 1.82) is 0 Å². The molecule has 8 heteroatoms. The first-order valence-electron chi connectivity index (χ1n) is 5.57. The summed E-state index contributed by atoms with van der Waals surface area (Å²) in [5.41, 5.74) is 0.487. The van der Waals surface area contributed by atoms with Crippen LogP contribution in [0.3, 0.4) is 0 Å². The molecule has 2 rings (SSSR count). The molecule has 1 saturated carbocycles. The maximum absolute atomic E-state index is 11.8. The summed E-state index contributed by atoms with van der Waals surface area (Å²) >= 11 is 0. The summed E-state index contributed by atoms with van der Waals surface area (Å²) in [6.07, 6.45) is 2.54. The van der Waals surface area contributed by atoms with E-state index in [4.69, 9.17) is 0 Å². The molecule has 0 aliphatic heterocycles. The van der Waals surface area contributed by atoms with Gasteiger partial charge in [0, 0.05) is 0 Å². The van der Waals surface area contributed by atoms with Crippen LogP contribution in [0.1, 0.15) is 24.6 Å². The number of halogens is 2. The first-order chi connectivity index (χ1) is 8.49. The van der Waals surface area contributed by atoms with E-state index in [1.807, 2.05) is 0 Å². The lowest BCUT2D eigenvalue weighted by molar-refractivity contribution is -0.385. The van der Waals surface area contributed by atoms with Crippen molar-refractivity contribution in [3.05, 3.63) is 22.0 Å². The van der Waals surface area contributed by atoms with Crippen molar-refractivity contribution in [3.63, 3.8) is 0 Å². The molecule has 0 spiro atoms. The number of nitro groups is 1. The first kappa shape index (κ1) is 12.9. The Bertz CT molecular complexity index is 444. The van der Waals surface area contributed by atoms with Gasteiger partial charge in [0.05, 0.1) is 17.6 Å². The van der Waals surface area contributed by atoms with E-state index in [2.05, 4.69) is 9.84 Å². The van der Waals surface area contributed by atoms with Gasteiger partial charge in [-0.25, -0.2) is 0 Å². The lowest BCUT2D eigenvalue weighted by Gasteiger charge is -2.35. The summed E-state index contributed by atoms with van der Waals surface area (Å²) in [6, 6.07) is 0.0463. The van der Waals surface area contributed by atoms with Crippen LogP contribution in [0.2, 0.25) is 0 Å². The van der Waals surface area contributed by atoms with Gasteiger partial charge in [0.1, 0.15) is 11.9 Å². The van der Waals surface area contributed by atoms with Gasteiger partial charge < -0.3 is 4.74 Å². The molecule has 1 aliphatic rings. The molecule has 1 fully saturated rings. The van der Waals surface area contributed by atoms with Crippen molar-refractivity contribution < 1.29 is 18.4 Å². The minimum absolute atomic E-state index is 0.0118. The summed E-state index contributed by atoms with van der Waals surface area (Å²) in [4.78, 5) is 10.2. The van der Waals surface area contributed by atoms with Crippen LogP contribution in [0.25, 0.3) is 0 Å². The molecule has 0 amide bonds. The zero-order valence-electron chi connectivity index (χ0n) is 9.75. The fourth-order valence-electron chi connectivity index (χ4n) is 2.21. The number of alkyl halides is 2. The van der Waals surface area contributed by atoms with E-state index in [0.29, 0.717) is 18.5 Å². The van der Waals surface area contributed by atoms with Crippen LogP contribution < -0.4 is 0 Å². The van der Waals surface area contributed by atoms with Gasteiger partial charge in [-0.05, 0) is 25.7 Å². The third-order valence-electron chi connectivity index (χ3n) is 3.23. The van der Waals surface area contributed by atoms with Gasteiger partial charge in [-0.3, -0.25) is 14.8 Å². The standard InChI is InChI=1S/C10H13F2N3O3/c1-6-9(15(16)17)4-13-14(6)8-2-7(3-8)5-18-10(11)12/h4,7-8,10H,2-3,5H2,1H3. The molecule has 1 aliphatic carbocycles. The molecule has 18 heavy (non-hydrogen) atoms.